The van der Waals surface area contributed by atoms with E-state index in [9.17, 15) is 0 Å². The highest BCUT2D eigenvalue weighted by atomic mass is 35.5. The van der Waals surface area contributed by atoms with E-state index in [0.29, 0.717) is 0 Å². The zero-order valence-electron chi connectivity index (χ0n) is 8.41. The van der Waals surface area contributed by atoms with Crippen molar-refractivity contribution < 1.29 is 5.11 Å². The van der Waals surface area contributed by atoms with E-state index in [0.717, 1.165) is 26.9 Å². The van der Waals surface area contributed by atoms with Gasteiger partial charge in [-0.05, 0) is 29.3 Å². The van der Waals surface area contributed by atoms with Gasteiger partial charge in [-0.1, -0.05) is 35.3 Å². The fourth-order valence-electron chi connectivity index (χ4n) is 1.50. The summed E-state index contributed by atoms with van der Waals surface area (Å²) >= 11 is 13.5. The first-order valence-corrected chi connectivity index (χ1v) is 6.38. The highest BCUT2D eigenvalue weighted by Crippen LogP contribution is 2.27. The van der Waals surface area contributed by atoms with Gasteiger partial charge in [0.25, 0.3) is 0 Å². The zero-order valence-corrected chi connectivity index (χ0v) is 10.7. The molecule has 1 aromatic heterocycles. The molecule has 0 aliphatic rings. The van der Waals surface area contributed by atoms with Crippen molar-refractivity contribution in [3.8, 4) is 0 Å². The molecule has 0 spiro atoms. The molecule has 0 fully saturated rings. The van der Waals surface area contributed by atoms with Crippen molar-refractivity contribution in [3.05, 3.63) is 55.7 Å². The Morgan fingerprint density at radius 2 is 1.94 bits per heavy atom. The molecule has 0 amide bonds. The summed E-state index contributed by atoms with van der Waals surface area (Å²) in [6, 6.07) is 9.45. The summed E-state index contributed by atoms with van der Waals surface area (Å²) in [6.07, 6.45) is 0.754. The molecule has 84 valence electrons. The van der Waals surface area contributed by atoms with Crippen molar-refractivity contribution in [2.45, 2.75) is 13.0 Å². The van der Waals surface area contributed by atoms with E-state index in [4.69, 9.17) is 28.3 Å². The van der Waals surface area contributed by atoms with Crippen molar-refractivity contribution in [3.63, 3.8) is 0 Å². The van der Waals surface area contributed by atoms with Crippen LogP contribution in [0.5, 0.6) is 0 Å². The van der Waals surface area contributed by atoms with Crippen LogP contribution in [0.4, 0.5) is 0 Å². The summed E-state index contributed by atoms with van der Waals surface area (Å²) < 4.78 is 0.782. The van der Waals surface area contributed by atoms with E-state index in [2.05, 4.69) is 0 Å². The maximum absolute atomic E-state index is 9.06. The molecule has 16 heavy (non-hydrogen) atoms. The zero-order chi connectivity index (χ0) is 11.5. The van der Waals surface area contributed by atoms with Gasteiger partial charge in [0.05, 0.1) is 10.9 Å². The number of aliphatic hydroxyl groups excluding tert-OH is 1. The SMILES string of the molecule is OCc1ccc(Cl)c(Cc2ccc(Cl)s2)c1. The lowest BCUT2D eigenvalue weighted by Gasteiger charge is -2.04. The molecular weight excluding hydrogens is 263 g/mol. The molecule has 0 bridgehead atoms. The molecule has 0 unspecified atom stereocenters. The van der Waals surface area contributed by atoms with E-state index in [1.54, 1.807) is 11.3 Å². The van der Waals surface area contributed by atoms with Crippen molar-refractivity contribution in [1.82, 2.24) is 0 Å². The first-order valence-electron chi connectivity index (χ1n) is 4.81. The Bertz CT molecular complexity index is 494. The van der Waals surface area contributed by atoms with Crippen molar-refractivity contribution >= 4 is 34.5 Å². The monoisotopic (exact) mass is 272 g/mol. The van der Waals surface area contributed by atoms with Gasteiger partial charge in [0.2, 0.25) is 0 Å². The highest BCUT2D eigenvalue weighted by molar-refractivity contribution is 7.16. The van der Waals surface area contributed by atoms with Gasteiger partial charge in [-0.3, -0.25) is 0 Å². The maximum Gasteiger partial charge on any atom is 0.0931 e. The minimum atomic E-state index is 0.0371. The Balaban J connectivity index is 2.26. The predicted molar refractivity (Wildman–Crippen MR) is 69.5 cm³/mol. The third kappa shape index (κ3) is 2.77. The minimum Gasteiger partial charge on any atom is -0.392 e. The van der Waals surface area contributed by atoms with Gasteiger partial charge in [0.1, 0.15) is 0 Å². The van der Waals surface area contributed by atoms with Crippen molar-refractivity contribution in [1.29, 1.82) is 0 Å². The van der Waals surface area contributed by atoms with Crippen LogP contribution in [0.3, 0.4) is 0 Å². The molecule has 0 atom stereocenters. The Hall–Kier alpha value is -0.540. The predicted octanol–water partition coefficient (Wildman–Crippen LogP) is 4.14. The van der Waals surface area contributed by atoms with Gasteiger partial charge in [-0.15, -0.1) is 11.3 Å². The van der Waals surface area contributed by atoms with Crippen LogP contribution in [0.15, 0.2) is 30.3 Å². The van der Waals surface area contributed by atoms with Crippen LogP contribution >= 0.6 is 34.5 Å². The number of aliphatic hydroxyl groups is 1. The second-order valence-electron chi connectivity index (χ2n) is 3.47. The lowest BCUT2D eigenvalue weighted by molar-refractivity contribution is 0.282. The van der Waals surface area contributed by atoms with E-state index in [-0.39, 0.29) is 6.61 Å². The number of rotatable bonds is 3. The molecule has 1 nitrogen and oxygen atoms in total. The van der Waals surface area contributed by atoms with Crippen molar-refractivity contribution in [2.75, 3.05) is 0 Å². The van der Waals surface area contributed by atoms with Gasteiger partial charge in [-0.25, -0.2) is 0 Å². The molecule has 2 rings (SSSR count). The summed E-state index contributed by atoms with van der Waals surface area (Å²) in [6.45, 7) is 0.0371. The standard InChI is InChI=1S/C12H10Cl2OS/c13-11-3-1-8(7-15)5-9(11)6-10-2-4-12(14)16-10/h1-5,15H,6-7H2. The number of thiophene rings is 1. The summed E-state index contributed by atoms with van der Waals surface area (Å²) in [5.74, 6) is 0. The van der Waals surface area contributed by atoms with Gasteiger partial charge < -0.3 is 5.11 Å². The van der Waals surface area contributed by atoms with Crippen LogP contribution in [-0.2, 0) is 13.0 Å². The molecule has 0 aliphatic heterocycles. The quantitative estimate of drug-likeness (QED) is 0.891. The van der Waals surface area contributed by atoms with E-state index in [1.807, 2.05) is 30.3 Å². The Kier molecular flexibility index (Phi) is 3.87. The number of benzene rings is 1. The van der Waals surface area contributed by atoms with Crippen LogP contribution in [0, 0.1) is 0 Å². The van der Waals surface area contributed by atoms with Crippen LogP contribution < -0.4 is 0 Å². The van der Waals surface area contributed by atoms with E-state index in [1.165, 1.54) is 4.88 Å². The first-order chi connectivity index (χ1) is 7.69. The van der Waals surface area contributed by atoms with Crippen LogP contribution in [0.2, 0.25) is 9.36 Å². The summed E-state index contributed by atoms with van der Waals surface area (Å²) in [5, 5.41) is 9.79. The number of halogens is 2. The fourth-order valence-corrected chi connectivity index (χ4v) is 2.79. The molecule has 2 aromatic rings. The molecule has 4 heteroatoms. The first kappa shape index (κ1) is 11.9. The molecule has 0 saturated heterocycles. The van der Waals surface area contributed by atoms with E-state index >= 15 is 0 Å². The molecule has 0 aliphatic carbocycles. The third-order valence-electron chi connectivity index (χ3n) is 2.29. The average molecular weight is 273 g/mol. The summed E-state index contributed by atoms with van der Waals surface area (Å²) in [4.78, 5) is 1.17. The van der Waals surface area contributed by atoms with E-state index < -0.39 is 0 Å². The lowest BCUT2D eigenvalue weighted by atomic mass is 10.1. The lowest BCUT2D eigenvalue weighted by Crippen LogP contribution is -1.90. The largest absolute Gasteiger partial charge is 0.392 e. The fraction of sp³-hybridized carbons (Fsp3) is 0.167. The molecule has 0 radical (unpaired) electrons. The van der Waals surface area contributed by atoms with Gasteiger partial charge in [0.15, 0.2) is 0 Å². The van der Waals surface area contributed by atoms with Crippen LogP contribution in [0.1, 0.15) is 16.0 Å². The summed E-state index contributed by atoms with van der Waals surface area (Å²) in [7, 11) is 0. The average Bonchev–Trinajstić information content (AvgIpc) is 2.67. The van der Waals surface area contributed by atoms with Gasteiger partial charge in [-0.2, -0.15) is 0 Å². The van der Waals surface area contributed by atoms with Gasteiger partial charge >= 0.3 is 0 Å². The van der Waals surface area contributed by atoms with Gasteiger partial charge in [0, 0.05) is 16.3 Å². The summed E-state index contributed by atoms with van der Waals surface area (Å²) in [5.41, 5.74) is 1.90. The maximum atomic E-state index is 9.06. The third-order valence-corrected chi connectivity index (χ3v) is 3.89. The second-order valence-corrected chi connectivity index (χ2v) is 5.67. The minimum absolute atomic E-state index is 0.0371. The topological polar surface area (TPSA) is 20.2 Å². The molecule has 1 aromatic carbocycles. The number of hydrogen-bond donors (Lipinski definition) is 1. The molecule has 0 saturated carbocycles. The second kappa shape index (κ2) is 5.19. The Morgan fingerprint density at radius 3 is 2.56 bits per heavy atom. The smallest absolute Gasteiger partial charge is 0.0931 e. The Labute approximate surface area is 108 Å². The number of hydrogen-bond acceptors (Lipinski definition) is 2. The van der Waals surface area contributed by atoms with Crippen molar-refractivity contribution in [2.24, 2.45) is 0 Å². The molecule has 1 N–H and O–H groups in total. The normalized spacial score (nSPS) is 10.7. The molecular formula is C12H10Cl2OS. The van der Waals surface area contributed by atoms with Crippen LogP contribution in [-0.4, -0.2) is 5.11 Å². The molecule has 1 heterocycles. The van der Waals surface area contributed by atoms with Crippen LogP contribution in [0.25, 0.3) is 0 Å². The Morgan fingerprint density at radius 1 is 1.12 bits per heavy atom. The highest BCUT2D eigenvalue weighted by Gasteiger charge is 2.05.